The highest BCUT2D eigenvalue weighted by Gasteiger charge is 2.37. The van der Waals surface area contributed by atoms with Gasteiger partial charge in [-0.1, -0.05) is 6.07 Å². The van der Waals surface area contributed by atoms with Crippen LogP contribution < -0.4 is 16.4 Å². The lowest BCUT2D eigenvalue weighted by atomic mass is 10.1. The van der Waals surface area contributed by atoms with Gasteiger partial charge in [0.05, 0.1) is 11.1 Å². The number of anilines is 2. The first-order valence-corrected chi connectivity index (χ1v) is 7.13. The van der Waals surface area contributed by atoms with E-state index in [9.17, 15) is 35.9 Å². The van der Waals surface area contributed by atoms with E-state index < -0.39 is 41.1 Å². The van der Waals surface area contributed by atoms with Crippen LogP contribution in [0.5, 0.6) is 0 Å². The third kappa shape index (κ3) is 5.36. The summed E-state index contributed by atoms with van der Waals surface area (Å²) in [6.45, 7) is 0. The molecule has 4 N–H and O–H groups in total. The molecule has 2 aromatic carbocycles. The maximum Gasteiger partial charge on any atom is 0.416 e. The molecule has 144 valence electrons. The van der Waals surface area contributed by atoms with E-state index in [-0.39, 0.29) is 17.3 Å². The van der Waals surface area contributed by atoms with Crippen molar-refractivity contribution in [1.82, 2.24) is 0 Å². The van der Waals surface area contributed by atoms with E-state index in [0.717, 1.165) is 6.07 Å². The van der Waals surface area contributed by atoms with Gasteiger partial charge in [-0.05, 0) is 36.4 Å². The highest BCUT2D eigenvalue weighted by Crippen LogP contribution is 2.37. The summed E-state index contributed by atoms with van der Waals surface area (Å²) in [6.07, 6.45) is -10.1. The Morgan fingerprint density at radius 3 is 1.81 bits per heavy atom. The largest absolute Gasteiger partial charge is 0.416 e. The Kier molecular flexibility index (Phi) is 5.33. The fourth-order valence-corrected chi connectivity index (χ4v) is 2.11. The highest BCUT2D eigenvalue weighted by atomic mass is 19.4. The summed E-state index contributed by atoms with van der Waals surface area (Å²) in [5.74, 6) is -0.976. The lowest BCUT2D eigenvalue weighted by molar-refractivity contribution is -0.143. The van der Waals surface area contributed by atoms with Gasteiger partial charge in [0.1, 0.15) is 0 Å². The number of carbonyl (C=O) groups is 2. The van der Waals surface area contributed by atoms with Crippen molar-refractivity contribution in [3.63, 3.8) is 0 Å². The molecule has 11 heteroatoms. The van der Waals surface area contributed by atoms with Gasteiger partial charge in [0, 0.05) is 16.9 Å². The first kappa shape index (κ1) is 20.1. The zero-order valence-corrected chi connectivity index (χ0v) is 13.2. The second-order valence-electron chi connectivity index (χ2n) is 5.32. The third-order valence-corrected chi connectivity index (χ3v) is 3.24. The van der Waals surface area contributed by atoms with Gasteiger partial charge in [-0.25, -0.2) is 4.79 Å². The molecule has 0 fully saturated rings. The minimum atomic E-state index is -5.04. The van der Waals surface area contributed by atoms with Crippen molar-refractivity contribution in [3.05, 3.63) is 59.2 Å². The van der Waals surface area contributed by atoms with Crippen LogP contribution in [-0.4, -0.2) is 11.9 Å². The van der Waals surface area contributed by atoms with Gasteiger partial charge in [-0.15, -0.1) is 0 Å². The Labute approximate surface area is 148 Å². The summed E-state index contributed by atoms with van der Waals surface area (Å²) < 4.78 is 77.0. The molecule has 0 radical (unpaired) electrons. The molecule has 0 aromatic heterocycles. The molecule has 0 heterocycles. The van der Waals surface area contributed by atoms with Gasteiger partial charge < -0.3 is 16.4 Å². The Morgan fingerprint density at radius 1 is 0.778 bits per heavy atom. The molecule has 5 nitrogen and oxygen atoms in total. The summed E-state index contributed by atoms with van der Waals surface area (Å²) in [6, 6.07) is 4.93. The second-order valence-corrected chi connectivity index (χ2v) is 5.32. The first-order chi connectivity index (χ1) is 12.4. The van der Waals surface area contributed by atoms with Crippen molar-refractivity contribution < 1.29 is 35.9 Å². The number of nitrogens with two attached hydrogens (primary N) is 1. The van der Waals surface area contributed by atoms with Gasteiger partial charge in [-0.2, -0.15) is 26.3 Å². The van der Waals surface area contributed by atoms with E-state index >= 15 is 0 Å². The molecule has 2 rings (SSSR count). The van der Waals surface area contributed by atoms with Crippen molar-refractivity contribution in [3.8, 4) is 0 Å². The first-order valence-electron chi connectivity index (χ1n) is 7.13. The Morgan fingerprint density at radius 2 is 1.33 bits per heavy atom. The quantitative estimate of drug-likeness (QED) is 0.675. The number of hydrogen-bond donors (Lipinski definition) is 3. The average molecular weight is 391 g/mol. The van der Waals surface area contributed by atoms with Crippen LogP contribution in [0, 0.1) is 0 Å². The molecule has 0 atom stereocenters. The number of urea groups is 1. The normalized spacial score (nSPS) is 11.8. The number of primary amides is 1. The van der Waals surface area contributed by atoms with E-state index in [4.69, 9.17) is 5.73 Å². The van der Waals surface area contributed by atoms with Gasteiger partial charge >= 0.3 is 18.4 Å². The topological polar surface area (TPSA) is 84.2 Å². The van der Waals surface area contributed by atoms with Gasteiger partial charge in [0.15, 0.2) is 0 Å². The Bertz CT molecular complexity index is 845. The lowest BCUT2D eigenvalue weighted by Gasteiger charge is -2.15. The summed E-state index contributed by atoms with van der Waals surface area (Å²) in [5, 5.41) is 4.16. The molecule has 3 amide bonds. The van der Waals surface area contributed by atoms with E-state index in [0.29, 0.717) is 12.1 Å². The zero-order chi connectivity index (χ0) is 20.4. The molecule has 0 aliphatic carbocycles. The number of rotatable bonds is 3. The van der Waals surface area contributed by atoms with Gasteiger partial charge in [0.2, 0.25) is 0 Å². The second kappa shape index (κ2) is 7.17. The van der Waals surface area contributed by atoms with Gasteiger partial charge in [-0.3, -0.25) is 4.79 Å². The molecule has 0 spiro atoms. The number of benzene rings is 2. The molecular weight excluding hydrogens is 380 g/mol. The smallest absolute Gasteiger partial charge is 0.351 e. The van der Waals surface area contributed by atoms with Crippen LogP contribution in [-0.2, 0) is 12.4 Å². The highest BCUT2D eigenvalue weighted by molar-refractivity contribution is 6.05. The molecular formula is C16H11F6N3O2. The van der Waals surface area contributed by atoms with Crippen LogP contribution in [0.15, 0.2) is 42.5 Å². The standard InChI is InChI=1S/C16H11F6N3O2/c17-15(18,19)9-5-10(16(20,21)22)7-12(6-9)24-13(26)8-2-1-3-11(4-8)25-14(23)27/h1-7H,(H,24,26)(H3,23,25,27). The molecule has 0 unspecified atom stereocenters. The van der Waals surface area contributed by atoms with E-state index in [1.807, 2.05) is 5.32 Å². The van der Waals surface area contributed by atoms with Crippen molar-refractivity contribution in [2.45, 2.75) is 12.4 Å². The molecule has 0 bridgehead atoms. The van der Waals surface area contributed by atoms with Crippen LogP contribution in [0.25, 0.3) is 0 Å². The number of nitrogens with one attached hydrogen (secondary N) is 2. The summed E-state index contributed by atoms with van der Waals surface area (Å²) >= 11 is 0. The molecule has 0 aliphatic rings. The number of carbonyl (C=O) groups excluding carboxylic acids is 2. The molecule has 2 aromatic rings. The maximum atomic E-state index is 12.8. The molecule has 27 heavy (non-hydrogen) atoms. The lowest BCUT2D eigenvalue weighted by Crippen LogP contribution is -2.20. The van der Waals surface area contributed by atoms with E-state index in [2.05, 4.69) is 5.32 Å². The monoisotopic (exact) mass is 391 g/mol. The summed E-state index contributed by atoms with van der Waals surface area (Å²) in [7, 11) is 0. The van der Waals surface area contributed by atoms with Crippen LogP contribution in [0.3, 0.4) is 0 Å². The van der Waals surface area contributed by atoms with Crippen LogP contribution >= 0.6 is 0 Å². The fraction of sp³-hybridized carbons (Fsp3) is 0.125. The van der Waals surface area contributed by atoms with Gasteiger partial charge in [0.25, 0.3) is 5.91 Å². The zero-order valence-electron chi connectivity index (χ0n) is 13.2. The minimum absolute atomic E-state index is 0.0486. The summed E-state index contributed by atoms with van der Waals surface area (Å²) in [4.78, 5) is 23.0. The summed E-state index contributed by atoms with van der Waals surface area (Å²) in [5.41, 5.74) is 1.13. The van der Waals surface area contributed by atoms with E-state index in [1.165, 1.54) is 18.2 Å². The number of hydrogen-bond acceptors (Lipinski definition) is 2. The average Bonchev–Trinajstić information content (AvgIpc) is 2.52. The van der Waals surface area contributed by atoms with Crippen LogP contribution in [0.4, 0.5) is 42.5 Å². The SMILES string of the molecule is NC(=O)Nc1cccc(C(=O)Nc2cc(C(F)(F)F)cc(C(F)(F)F)c2)c1. The third-order valence-electron chi connectivity index (χ3n) is 3.24. The number of halogens is 6. The van der Waals surface area contributed by atoms with Crippen molar-refractivity contribution in [2.75, 3.05) is 10.6 Å². The molecule has 0 aliphatic heterocycles. The van der Waals surface area contributed by atoms with Crippen LogP contribution in [0.1, 0.15) is 21.5 Å². The number of amides is 3. The number of alkyl halides is 6. The predicted octanol–water partition coefficient (Wildman–Crippen LogP) is 4.47. The Hall–Kier alpha value is -3.24. The van der Waals surface area contributed by atoms with Crippen molar-refractivity contribution in [2.24, 2.45) is 5.73 Å². The molecule has 0 saturated carbocycles. The van der Waals surface area contributed by atoms with Crippen molar-refractivity contribution in [1.29, 1.82) is 0 Å². The Balaban J connectivity index is 2.36. The van der Waals surface area contributed by atoms with Crippen molar-refractivity contribution >= 4 is 23.3 Å². The fourth-order valence-electron chi connectivity index (χ4n) is 2.11. The minimum Gasteiger partial charge on any atom is -0.351 e. The van der Waals surface area contributed by atoms with Crippen LogP contribution in [0.2, 0.25) is 0 Å². The molecule has 0 saturated heterocycles. The predicted molar refractivity (Wildman–Crippen MR) is 84.0 cm³/mol. The van der Waals surface area contributed by atoms with E-state index in [1.54, 1.807) is 0 Å². The maximum absolute atomic E-state index is 12.8.